The minimum Gasteiger partial charge on any atom is -0.371 e. The summed E-state index contributed by atoms with van der Waals surface area (Å²) < 4.78 is 26.9. The van der Waals surface area contributed by atoms with Gasteiger partial charge in [0.2, 0.25) is 10.0 Å². The van der Waals surface area contributed by atoms with E-state index in [0.717, 1.165) is 24.5 Å². The fourth-order valence-electron chi connectivity index (χ4n) is 3.30. The molecule has 1 heterocycles. The van der Waals surface area contributed by atoms with E-state index in [-0.39, 0.29) is 16.8 Å². The van der Waals surface area contributed by atoms with Gasteiger partial charge in [-0.05, 0) is 75.6 Å². The third-order valence-corrected chi connectivity index (χ3v) is 6.32. The van der Waals surface area contributed by atoms with Crippen LogP contribution in [-0.2, 0) is 10.0 Å². The summed E-state index contributed by atoms with van der Waals surface area (Å²) in [6.07, 6.45) is 3.65. The molecular formula is C21H27N3O3S. The van der Waals surface area contributed by atoms with Crippen molar-refractivity contribution < 1.29 is 13.2 Å². The highest BCUT2D eigenvalue weighted by molar-refractivity contribution is 7.89. The quantitative estimate of drug-likeness (QED) is 0.775. The number of amides is 1. The van der Waals surface area contributed by atoms with Crippen molar-refractivity contribution in [3.05, 3.63) is 54.1 Å². The first-order chi connectivity index (χ1) is 13.3. The number of hydrogen-bond acceptors (Lipinski definition) is 4. The van der Waals surface area contributed by atoms with Crippen LogP contribution in [0.2, 0.25) is 0 Å². The minimum absolute atomic E-state index is 0.143. The van der Waals surface area contributed by atoms with Gasteiger partial charge in [0.1, 0.15) is 0 Å². The Hall–Kier alpha value is -2.38. The second kappa shape index (κ2) is 8.75. The van der Waals surface area contributed by atoms with Gasteiger partial charge in [0.05, 0.1) is 4.90 Å². The zero-order valence-corrected chi connectivity index (χ0v) is 17.1. The number of benzene rings is 2. The van der Waals surface area contributed by atoms with E-state index in [0.29, 0.717) is 5.56 Å². The van der Waals surface area contributed by atoms with Crippen LogP contribution < -0.4 is 14.9 Å². The van der Waals surface area contributed by atoms with Crippen LogP contribution in [0.15, 0.2) is 53.4 Å². The molecule has 0 aliphatic carbocycles. The van der Waals surface area contributed by atoms with Crippen LogP contribution in [0.1, 0.15) is 43.5 Å². The first-order valence-electron chi connectivity index (χ1n) is 9.64. The van der Waals surface area contributed by atoms with E-state index in [2.05, 4.69) is 21.0 Å². The Kier molecular flexibility index (Phi) is 6.36. The molecule has 150 valence electrons. The van der Waals surface area contributed by atoms with Gasteiger partial charge in [0.25, 0.3) is 5.91 Å². The van der Waals surface area contributed by atoms with Crippen molar-refractivity contribution in [2.75, 3.05) is 23.3 Å². The van der Waals surface area contributed by atoms with Crippen LogP contribution in [0.25, 0.3) is 0 Å². The number of hydrogen-bond donors (Lipinski definition) is 2. The Balaban J connectivity index is 1.69. The third-order valence-electron chi connectivity index (χ3n) is 4.64. The zero-order chi connectivity index (χ0) is 20.1. The number of carbonyl (C=O) groups is 1. The molecule has 0 radical (unpaired) electrons. The van der Waals surface area contributed by atoms with Gasteiger partial charge in [-0.2, -0.15) is 0 Å². The van der Waals surface area contributed by atoms with Gasteiger partial charge in [-0.15, -0.1) is 0 Å². The van der Waals surface area contributed by atoms with Crippen LogP contribution in [0.4, 0.5) is 11.4 Å². The fraction of sp³-hybridized carbons (Fsp3) is 0.381. The number of carbonyl (C=O) groups excluding carboxylic acids is 1. The van der Waals surface area contributed by atoms with Crippen molar-refractivity contribution in [3.8, 4) is 0 Å². The molecule has 1 fully saturated rings. The Morgan fingerprint density at radius 3 is 2.32 bits per heavy atom. The van der Waals surface area contributed by atoms with Gasteiger partial charge in [0.15, 0.2) is 0 Å². The highest BCUT2D eigenvalue weighted by Gasteiger charge is 2.16. The molecule has 1 saturated heterocycles. The van der Waals surface area contributed by atoms with E-state index in [1.54, 1.807) is 13.8 Å². The molecule has 0 unspecified atom stereocenters. The lowest BCUT2D eigenvalue weighted by Crippen LogP contribution is -2.30. The largest absolute Gasteiger partial charge is 0.371 e. The number of nitrogens with zero attached hydrogens (tertiary/aromatic N) is 1. The van der Waals surface area contributed by atoms with Gasteiger partial charge in [0, 0.05) is 36.1 Å². The first-order valence-corrected chi connectivity index (χ1v) is 11.1. The highest BCUT2D eigenvalue weighted by Crippen LogP contribution is 2.23. The number of anilines is 2. The molecule has 28 heavy (non-hydrogen) atoms. The molecule has 1 aliphatic rings. The fourth-order valence-corrected chi connectivity index (χ4v) is 4.55. The van der Waals surface area contributed by atoms with Crippen LogP contribution in [0, 0.1) is 0 Å². The van der Waals surface area contributed by atoms with Crippen molar-refractivity contribution in [3.63, 3.8) is 0 Å². The van der Waals surface area contributed by atoms with Crippen molar-refractivity contribution in [2.24, 2.45) is 0 Å². The molecule has 1 amide bonds. The predicted octanol–water partition coefficient (Wildman–Crippen LogP) is 3.62. The standard InChI is InChI=1S/C21H27N3O3S/c1-16(2)23-28(26,27)20-11-9-17(10-12-20)21(25)22-18-7-6-8-19(15-18)24-13-4-3-5-14-24/h6-12,15-16,23H,3-5,13-14H2,1-2H3,(H,22,25). The van der Waals surface area contributed by atoms with Crippen LogP contribution in [-0.4, -0.2) is 33.5 Å². The molecular weight excluding hydrogens is 374 g/mol. The van der Waals surface area contributed by atoms with Gasteiger partial charge in [-0.3, -0.25) is 4.79 Å². The smallest absolute Gasteiger partial charge is 0.255 e. The second-order valence-corrected chi connectivity index (χ2v) is 9.07. The van der Waals surface area contributed by atoms with Gasteiger partial charge in [-0.1, -0.05) is 6.07 Å². The minimum atomic E-state index is -3.57. The maximum Gasteiger partial charge on any atom is 0.255 e. The number of rotatable bonds is 6. The van der Waals surface area contributed by atoms with Crippen molar-refractivity contribution in [2.45, 2.75) is 44.0 Å². The van der Waals surface area contributed by atoms with E-state index < -0.39 is 10.0 Å². The summed E-state index contributed by atoms with van der Waals surface area (Å²) in [4.78, 5) is 15.0. The van der Waals surface area contributed by atoms with E-state index >= 15 is 0 Å². The van der Waals surface area contributed by atoms with E-state index in [1.807, 2.05) is 18.2 Å². The Bertz CT molecular complexity index is 918. The molecule has 6 nitrogen and oxygen atoms in total. The lowest BCUT2D eigenvalue weighted by atomic mass is 10.1. The van der Waals surface area contributed by atoms with Gasteiger partial charge in [-0.25, -0.2) is 13.1 Å². The monoisotopic (exact) mass is 401 g/mol. The molecule has 0 spiro atoms. The van der Waals surface area contributed by atoms with E-state index in [4.69, 9.17) is 0 Å². The van der Waals surface area contributed by atoms with Crippen molar-refractivity contribution >= 4 is 27.3 Å². The summed E-state index contributed by atoms with van der Waals surface area (Å²) in [5.74, 6) is -0.267. The maximum atomic E-state index is 12.6. The topological polar surface area (TPSA) is 78.5 Å². The number of sulfonamides is 1. The van der Waals surface area contributed by atoms with Crippen LogP contribution >= 0.6 is 0 Å². The molecule has 0 atom stereocenters. The second-order valence-electron chi connectivity index (χ2n) is 7.35. The molecule has 7 heteroatoms. The summed E-state index contributed by atoms with van der Waals surface area (Å²) >= 11 is 0. The van der Waals surface area contributed by atoms with Gasteiger partial charge < -0.3 is 10.2 Å². The molecule has 0 saturated carbocycles. The van der Waals surface area contributed by atoms with Crippen molar-refractivity contribution in [1.82, 2.24) is 4.72 Å². The zero-order valence-electron chi connectivity index (χ0n) is 16.3. The Labute approximate surface area is 167 Å². The number of nitrogens with one attached hydrogen (secondary N) is 2. The summed E-state index contributed by atoms with van der Waals surface area (Å²) in [5, 5.41) is 2.90. The lowest BCUT2D eigenvalue weighted by Gasteiger charge is -2.29. The Morgan fingerprint density at radius 2 is 1.68 bits per heavy atom. The van der Waals surface area contributed by atoms with E-state index in [9.17, 15) is 13.2 Å². The molecule has 2 aromatic carbocycles. The Morgan fingerprint density at radius 1 is 1.00 bits per heavy atom. The van der Waals surface area contributed by atoms with Crippen LogP contribution in [0.3, 0.4) is 0 Å². The summed E-state index contributed by atoms with van der Waals surface area (Å²) in [6.45, 7) is 5.60. The lowest BCUT2D eigenvalue weighted by molar-refractivity contribution is 0.102. The summed E-state index contributed by atoms with van der Waals surface area (Å²) in [7, 11) is -3.57. The molecule has 1 aliphatic heterocycles. The molecule has 3 rings (SSSR count). The molecule has 0 bridgehead atoms. The highest BCUT2D eigenvalue weighted by atomic mass is 32.2. The summed E-state index contributed by atoms with van der Waals surface area (Å²) in [6, 6.07) is 13.6. The maximum absolute atomic E-state index is 12.6. The third kappa shape index (κ3) is 5.11. The van der Waals surface area contributed by atoms with Crippen molar-refractivity contribution in [1.29, 1.82) is 0 Å². The number of piperidine rings is 1. The molecule has 2 aromatic rings. The summed E-state index contributed by atoms with van der Waals surface area (Å²) in [5.41, 5.74) is 2.25. The van der Waals surface area contributed by atoms with E-state index in [1.165, 1.54) is 43.5 Å². The van der Waals surface area contributed by atoms with Gasteiger partial charge >= 0.3 is 0 Å². The SMILES string of the molecule is CC(C)NS(=O)(=O)c1ccc(C(=O)Nc2cccc(N3CCCCC3)c2)cc1. The molecule has 2 N–H and O–H groups in total. The molecule has 0 aromatic heterocycles. The predicted molar refractivity (Wildman–Crippen MR) is 112 cm³/mol. The average Bonchev–Trinajstić information content (AvgIpc) is 2.68. The average molecular weight is 402 g/mol. The van der Waals surface area contributed by atoms with Crippen LogP contribution in [0.5, 0.6) is 0 Å². The normalized spacial score (nSPS) is 14.9. The first kappa shape index (κ1) is 20.4.